The molecular weight excluding hydrogens is 297 g/mol. The van der Waals surface area contributed by atoms with Crippen molar-refractivity contribution in [2.24, 2.45) is 0 Å². The SMILES string of the molecule is Cc1ccccc1OCc1ccc(C(=O)O)cc1C(F)(F)F. The molecule has 2 aromatic rings. The maximum absolute atomic E-state index is 13.0. The second-order valence-electron chi connectivity index (χ2n) is 4.73. The Labute approximate surface area is 125 Å². The number of hydrogen-bond donors (Lipinski definition) is 1. The van der Waals surface area contributed by atoms with Gasteiger partial charge in [0.25, 0.3) is 0 Å². The molecule has 0 saturated heterocycles. The third-order valence-electron chi connectivity index (χ3n) is 3.14. The summed E-state index contributed by atoms with van der Waals surface area (Å²) in [6, 6.07) is 9.85. The predicted octanol–water partition coefficient (Wildman–Crippen LogP) is 4.29. The van der Waals surface area contributed by atoms with Gasteiger partial charge in [0, 0.05) is 5.56 Å². The van der Waals surface area contributed by atoms with E-state index in [1.807, 2.05) is 0 Å². The van der Waals surface area contributed by atoms with Crippen LogP contribution in [0.4, 0.5) is 13.2 Å². The number of aryl methyl sites for hydroxylation is 1. The number of alkyl halides is 3. The zero-order valence-corrected chi connectivity index (χ0v) is 11.6. The van der Waals surface area contributed by atoms with Crippen molar-refractivity contribution in [1.29, 1.82) is 0 Å². The summed E-state index contributed by atoms with van der Waals surface area (Å²) in [6.07, 6.45) is -4.64. The van der Waals surface area contributed by atoms with Gasteiger partial charge in [-0.15, -0.1) is 0 Å². The van der Waals surface area contributed by atoms with Gasteiger partial charge in [-0.25, -0.2) is 4.79 Å². The van der Waals surface area contributed by atoms with E-state index in [2.05, 4.69) is 0 Å². The Morgan fingerprint density at radius 2 is 1.86 bits per heavy atom. The van der Waals surface area contributed by atoms with E-state index in [1.165, 1.54) is 0 Å². The number of aromatic carboxylic acids is 1. The third kappa shape index (κ3) is 3.58. The molecule has 0 atom stereocenters. The summed E-state index contributed by atoms with van der Waals surface area (Å²) in [6.45, 7) is 1.49. The molecular formula is C16H13F3O3. The fourth-order valence-corrected chi connectivity index (χ4v) is 1.97. The molecule has 116 valence electrons. The molecule has 0 unspecified atom stereocenters. The number of ether oxygens (including phenoxy) is 1. The molecule has 0 aliphatic carbocycles. The minimum atomic E-state index is -4.64. The second kappa shape index (κ2) is 6.09. The van der Waals surface area contributed by atoms with E-state index in [0.717, 1.165) is 17.7 Å². The molecule has 6 heteroatoms. The van der Waals surface area contributed by atoms with Crippen LogP contribution in [0.25, 0.3) is 0 Å². The molecule has 0 amide bonds. The Morgan fingerprint density at radius 3 is 2.45 bits per heavy atom. The Kier molecular flexibility index (Phi) is 4.40. The highest BCUT2D eigenvalue weighted by Gasteiger charge is 2.34. The van der Waals surface area contributed by atoms with Crippen LogP contribution in [0.1, 0.15) is 27.0 Å². The first-order valence-corrected chi connectivity index (χ1v) is 6.41. The maximum Gasteiger partial charge on any atom is 0.416 e. The van der Waals surface area contributed by atoms with Crippen molar-refractivity contribution < 1.29 is 27.8 Å². The topological polar surface area (TPSA) is 46.5 Å². The fraction of sp³-hybridized carbons (Fsp3) is 0.188. The molecule has 0 heterocycles. The summed E-state index contributed by atoms with van der Waals surface area (Å²) in [5.74, 6) is -0.921. The highest BCUT2D eigenvalue weighted by Crippen LogP contribution is 2.33. The highest BCUT2D eigenvalue weighted by molar-refractivity contribution is 5.88. The lowest BCUT2D eigenvalue weighted by atomic mass is 10.0. The first-order valence-electron chi connectivity index (χ1n) is 6.41. The van der Waals surface area contributed by atoms with E-state index < -0.39 is 23.3 Å². The lowest BCUT2D eigenvalue weighted by Crippen LogP contribution is -2.13. The molecule has 0 aliphatic rings. The molecule has 0 aromatic heterocycles. The molecule has 3 nitrogen and oxygen atoms in total. The van der Waals surface area contributed by atoms with Gasteiger partial charge in [0.05, 0.1) is 11.1 Å². The predicted molar refractivity (Wildman–Crippen MR) is 73.9 cm³/mol. The summed E-state index contributed by atoms with van der Waals surface area (Å²) in [5, 5.41) is 8.81. The van der Waals surface area contributed by atoms with E-state index in [4.69, 9.17) is 9.84 Å². The van der Waals surface area contributed by atoms with Crippen molar-refractivity contribution in [3.05, 3.63) is 64.7 Å². The van der Waals surface area contributed by atoms with Gasteiger partial charge in [0.2, 0.25) is 0 Å². The van der Waals surface area contributed by atoms with Crippen molar-refractivity contribution >= 4 is 5.97 Å². The van der Waals surface area contributed by atoms with Crippen LogP contribution in [0.15, 0.2) is 42.5 Å². The summed E-state index contributed by atoms with van der Waals surface area (Å²) in [5.41, 5.74) is -0.716. The van der Waals surface area contributed by atoms with Crippen LogP contribution in [0.5, 0.6) is 5.75 Å². The maximum atomic E-state index is 13.0. The number of para-hydroxylation sites is 1. The Morgan fingerprint density at radius 1 is 1.18 bits per heavy atom. The Hall–Kier alpha value is -2.50. The molecule has 2 rings (SSSR count). The molecule has 0 radical (unpaired) electrons. The minimum Gasteiger partial charge on any atom is -0.489 e. The first-order chi connectivity index (χ1) is 10.3. The van der Waals surface area contributed by atoms with Crippen molar-refractivity contribution in [2.45, 2.75) is 19.7 Å². The lowest BCUT2D eigenvalue weighted by molar-refractivity contribution is -0.138. The van der Waals surface area contributed by atoms with Gasteiger partial charge in [-0.05, 0) is 30.7 Å². The van der Waals surface area contributed by atoms with E-state index in [-0.39, 0.29) is 12.2 Å². The van der Waals surface area contributed by atoms with Gasteiger partial charge in [0.1, 0.15) is 12.4 Å². The van der Waals surface area contributed by atoms with Crippen molar-refractivity contribution in [1.82, 2.24) is 0 Å². The Bertz CT molecular complexity index is 693. The number of rotatable bonds is 4. The average Bonchev–Trinajstić information content (AvgIpc) is 2.45. The van der Waals surface area contributed by atoms with Crippen molar-refractivity contribution in [3.63, 3.8) is 0 Å². The van der Waals surface area contributed by atoms with Gasteiger partial charge < -0.3 is 9.84 Å². The number of carbonyl (C=O) groups is 1. The molecule has 1 N–H and O–H groups in total. The van der Waals surface area contributed by atoms with E-state index in [9.17, 15) is 18.0 Å². The van der Waals surface area contributed by atoms with Crippen LogP contribution in [-0.2, 0) is 12.8 Å². The monoisotopic (exact) mass is 310 g/mol. The molecule has 2 aromatic carbocycles. The molecule has 0 spiro atoms. The van der Waals surface area contributed by atoms with Crippen molar-refractivity contribution in [2.75, 3.05) is 0 Å². The van der Waals surface area contributed by atoms with Crippen LogP contribution in [0.3, 0.4) is 0 Å². The quantitative estimate of drug-likeness (QED) is 0.916. The number of carboxylic acids is 1. The molecule has 0 fully saturated rings. The zero-order valence-electron chi connectivity index (χ0n) is 11.6. The minimum absolute atomic E-state index is 0.110. The third-order valence-corrected chi connectivity index (χ3v) is 3.14. The summed E-state index contributed by atoms with van der Waals surface area (Å²) in [4.78, 5) is 10.8. The number of benzene rings is 2. The van der Waals surface area contributed by atoms with E-state index >= 15 is 0 Å². The smallest absolute Gasteiger partial charge is 0.416 e. The normalized spacial score (nSPS) is 11.3. The second-order valence-corrected chi connectivity index (χ2v) is 4.73. The first kappa shape index (κ1) is 15.9. The van der Waals surface area contributed by atoms with Gasteiger partial charge >= 0.3 is 12.1 Å². The highest BCUT2D eigenvalue weighted by atomic mass is 19.4. The summed E-state index contributed by atoms with van der Waals surface area (Å²) >= 11 is 0. The van der Waals surface area contributed by atoms with E-state index in [0.29, 0.717) is 11.8 Å². The van der Waals surface area contributed by atoms with Crippen LogP contribution < -0.4 is 4.74 Å². The standard InChI is InChI=1S/C16H13F3O3/c1-10-4-2-3-5-14(10)22-9-12-7-6-11(15(20)21)8-13(12)16(17,18)19/h2-8H,9H2,1H3,(H,20,21). The summed E-state index contributed by atoms with van der Waals surface area (Å²) < 4.78 is 44.6. The number of carboxylic acid groups (broad SMARTS) is 1. The van der Waals surface area contributed by atoms with E-state index in [1.54, 1.807) is 31.2 Å². The zero-order chi connectivity index (χ0) is 16.3. The van der Waals surface area contributed by atoms with Crippen LogP contribution >= 0.6 is 0 Å². The molecule has 0 bridgehead atoms. The van der Waals surface area contributed by atoms with Crippen LogP contribution in [0.2, 0.25) is 0 Å². The van der Waals surface area contributed by atoms with Gasteiger partial charge in [-0.1, -0.05) is 24.3 Å². The van der Waals surface area contributed by atoms with Gasteiger partial charge in [-0.3, -0.25) is 0 Å². The average molecular weight is 310 g/mol. The van der Waals surface area contributed by atoms with Crippen LogP contribution in [0, 0.1) is 6.92 Å². The van der Waals surface area contributed by atoms with Crippen LogP contribution in [-0.4, -0.2) is 11.1 Å². The molecule has 0 saturated carbocycles. The molecule has 22 heavy (non-hydrogen) atoms. The van der Waals surface area contributed by atoms with Gasteiger partial charge in [-0.2, -0.15) is 13.2 Å². The fourth-order valence-electron chi connectivity index (χ4n) is 1.97. The van der Waals surface area contributed by atoms with Crippen molar-refractivity contribution in [3.8, 4) is 5.75 Å². The van der Waals surface area contributed by atoms with Gasteiger partial charge in [0.15, 0.2) is 0 Å². The molecule has 0 aliphatic heterocycles. The summed E-state index contributed by atoms with van der Waals surface area (Å²) in [7, 11) is 0. The lowest BCUT2D eigenvalue weighted by Gasteiger charge is -2.15. The Balaban J connectivity index is 2.31. The largest absolute Gasteiger partial charge is 0.489 e. The number of hydrogen-bond acceptors (Lipinski definition) is 2. The number of halogens is 3.